The molecule has 4 unspecified atom stereocenters. The maximum Gasteiger partial charge on any atom is 0.122 e. The summed E-state index contributed by atoms with van der Waals surface area (Å²) in [5, 5.41) is 0. The second-order valence-corrected chi connectivity index (χ2v) is 7.32. The van der Waals surface area contributed by atoms with Gasteiger partial charge in [0.05, 0.1) is 6.61 Å². The van der Waals surface area contributed by atoms with Crippen LogP contribution in [0.15, 0.2) is 24.3 Å². The first-order chi connectivity index (χ1) is 9.28. The molecule has 104 valence electrons. The summed E-state index contributed by atoms with van der Waals surface area (Å²) < 4.78 is 5.83. The van der Waals surface area contributed by atoms with Crippen molar-refractivity contribution in [2.24, 2.45) is 11.8 Å². The molecule has 1 aromatic carbocycles. The van der Waals surface area contributed by atoms with Gasteiger partial charge in [0.2, 0.25) is 0 Å². The van der Waals surface area contributed by atoms with Crippen LogP contribution in [0, 0.1) is 11.8 Å². The molecule has 0 aromatic heterocycles. The van der Waals surface area contributed by atoms with Gasteiger partial charge in [0.15, 0.2) is 0 Å². The molecule has 0 radical (unpaired) electrons. The monoisotopic (exact) mass is 322 g/mol. The van der Waals surface area contributed by atoms with Crippen molar-refractivity contribution in [3.63, 3.8) is 0 Å². The Morgan fingerprint density at radius 3 is 2.95 bits per heavy atom. The van der Waals surface area contributed by atoms with Gasteiger partial charge in [-0.3, -0.25) is 0 Å². The highest BCUT2D eigenvalue weighted by atomic mass is 79.9. The van der Waals surface area contributed by atoms with Gasteiger partial charge in [-0.2, -0.15) is 0 Å². The van der Waals surface area contributed by atoms with Crippen molar-refractivity contribution in [3.8, 4) is 5.75 Å². The molecule has 1 saturated carbocycles. The molecule has 1 aromatic rings. The van der Waals surface area contributed by atoms with Gasteiger partial charge in [-0.05, 0) is 43.6 Å². The van der Waals surface area contributed by atoms with E-state index in [1.165, 1.54) is 37.7 Å². The topological polar surface area (TPSA) is 9.23 Å². The fourth-order valence-corrected chi connectivity index (χ4v) is 4.42. The van der Waals surface area contributed by atoms with Crippen LogP contribution in [-0.2, 0) is 0 Å². The summed E-state index contributed by atoms with van der Waals surface area (Å²) in [5.41, 5.74) is 1.43. The lowest BCUT2D eigenvalue weighted by atomic mass is 9.75. The van der Waals surface area contributed by atoms with E-state index in [-0.39, 0.29) is 0 Å². The minimum absolute atomic E-state index is 0.608. The second kappa shape index (κ2) is 5.87. The average Bonchev–Trinajstić information content (AvgIpc) is 2.85. The fraction of sp³-hybridized carbons (Fsp3) is 0.647. The van der Waals surface area contributed by atoms with E-state index >= 15 is 0 Å². The van der Waals surface area contributed by atoms with Gasteiger partial charge in [-0.25, -0.2) is 0 Å². The third-order valence-corrected chi connectivity index (χ3v) is 6.17. The largest absolute Gasteiger partial charge is 0.493 e. The second-order valence-electron chi connectivity index (χ2n) is 6.14. The molecule has 1 fully saturated rings. The lowest BCUT2D eigenvalue weighted by molar-refractivity contribution is 0.234. The first kappa shape index (κ1) is 13.5. The number of hydrogen-bond acceptors (Lipinski definition) is 1. The van der Waals surface area contributed by atoms with Crippen molar-refractivity contribution in [3.05, 3.63) is 29.8 Å². The zero-order valence-electron chi connectivity index (χ0n) is 11.6. The normalized spacial score (nSPS) is 33.8. The van der Waals surface area contributed by atoms with Crippen molar-refractivity contribution in [1.82, 2.24) is 0 Å². The molecule has 2 aliphatic rings. The van der Waals surface area contributed by atoms with E-state index in [1.54, 1.807) is 0 Å². The summed E-state index contributed by atoms with van der Waals surface area (Å²) >= 11 is 3.92. The molecular weight excluding hydrogens is 300 g/mol. The van der Waals surface area contributed by atoms with Gasteiger partial charge in [0, 0.05) is 16.3 Å². The van der Waals surface area contributed by atoms with Crippen LogP contribution in [0.3, 0.4) is 0 Å². The van der Waals surface area contributed by atoms with Gasteiger partial charge in [0.1, 0.15) is 5.75 Å². The molecule has 0 N–H and O–H groups in total. The maximum atomic E-state index is 5.83. The van der Waals surface area contributed by atoms with Crippen LogP contribution >= 0.6 is 15.9 Å². The molecule has 19 heavy (non-hydrogen) atoms. The first-order valence-corrected chi connectivity index (χ1v) is 8.55. The van der Waals surface area contributed by atoms with Crippen LogP contribution in [0.2, 0.25) is 0 Å². The Hall–Kier alpha value is -0.500. The number of halogens is 1. The summed E-state index contributed by atoms with van der Waals surface area (Å²) in [6, 6.07) is 8.57. The Bertz CT molecular complexity index is 431. The van der Waals surface area contributed by atoms with E-state index in [9.17, 15) is 0 Å². The third kappa shape index (κ3) is 2.84. The van der Waals surface area contributed by atoms with Crippen molar-refractivity contribution in [1.29, 1.82) is 0 Å². The van der Waals surface area contributed by atoms with Gasteiger partial charge in [-0.1, -0.05) is 47.5 Å². The Balaban J connectivity index is 1.68. The van der Waals surface area contributed by atoms with E-state index < -0.39 is 0 Å². The van der Waals surface area contributed by atoms with Crippen molar-refractivity contribution >= 4 is 15.9 Å². The van der Waals surface area contributed by atoms with E-state index in [1.807, 2.05) is 0 Å². The van der Waals surface area contributed by atoms with Gasteiger partial charge in [0.25, 0.3) is 0 Å². The van der Waals surface area contributed by atoms with Crippen molar-refractivity contribution < 1.29 is 4.74 Å². The van der Waals surface area contributed by atoms with Crippen molar-refractivity contribution in [2.45, 2.75) is 49.8 Å². The average molecular weight is 323 g/mol. The molecule has 1 aliphatic heterocycles. The minimum Gasteiger partial charge on any atom is -0.493 e. The smallest absolute Gasteiger partial charge is 0.122 e. The number of para-hydroxylation sites is 1. The minimum atomic E-state index is 0.608. The number of hydrogen-bond donors (Lipinski definition) is 0. The van der Waals surface area contributed by atoms with Crippen molar-refractivity contribution in [2.75, 3.05) is 6.61 Å². The summed E-state index contributed by atoms with van der Waals surface area (Å²) in [6.07, 6.45) is 6.77. The zero-order valence-corrected chi connectivity index (χ0v) is 13.2. The highest BCUT2D eigenvalue weighted by Gasteiger charge is 2.33. The molecule has 2 heteroatoms. The Morgan fingerprint density at radius 2 is 2.11 bits per heavy atom. The predicted molar refractivity (Wildman–Crippen MR) is 83.1 cm³/mol. The van der Waals surface area contributed by atoms with Crippen LogP contribution < -0.4 is 4.74 Å². The Kier molecular flexibility index (Phi) is 4.16. The maximum absolute atomic E-state index is 5.83. The highest BCUT2D eigenvalue weighted by Crippen LogP contribution is 2.43. The number of alkyl halides is 1. The highest BCUT2D eigenvalue weighted by molar-refractivity contribution is 9.09. The zero-order chi connectivity index (χ0) is 13.2. The lowest BCUT2D eigenvalue weighted by Gasteiger charge is -2.34. The van der Waals surface area contributed by atoms with Gasteiger partial charge in [-0.15, -0.1) is 0 Å². The fourth-order valence-electron chi connectivity index (χ4n) is 3.73. The molecule has 4 atom stereocenters. The van der Waals surface area contributed by atoms with Crippen LogP contribution in [0.25, 0.3) is 0 Å². The van der Waals surface area contributed by atoms with E-state index in [4.69, 9.17) is 4.74 Å². The molecule has 0 spiro atoms. The Morgan fingerprint density at radius 1 is 1.26 bits per heavy atom. The standard InChI is InChI=1S/C17H23BrO/c1-2-12-7-8-16(18)13(9-12)10-14-11-19-17-6-4-3-5-15(14)17/h3-6,12-14,16H,2,7-11H2,1H3. The van der Waals surface area contributed by atoms with Gasteiger partial charge < -0.3 is 4.74 Å². The van der Waals surface area contributed by atoms with Crippen LogP contribution in [-0.4, -0.2) is 11.4 Å². The molecular formula is C17H23BrO. The van der Waals surface area contributed by atoms with Crippen LogP contribution in [0.1, 0.15) is 50.5 Å². The molecule has 1 heterocycles. The molecule has 1 aliphatic carbocycles. The molecule has 0 bridgehead atoms. The number of fused-ring (bicyclic) bond motifs is 1. The SMILES string of the molecule is CCC1CCC(Br)C(CC2COc3ccccc32)C1. The van der Waals surface area contributed by atoms with E-state index in [0.717, 1.165) is 24.2 Å². The predicted octanol–water partition coefficient (Wildman–Crippen LogP) is 5.14. The lowest BCUT2D eigenvalue weighted by Crippen LogP contribution is -2.26. The summed E-state index contributed by atoms with van der Waals surface area (Å²) in [7, 11) is 0. The van der Waals surface area contributed by atoms with Gasteiger partial charge >= 0.3 is 0 Å². The molecule has 0 amide bonds. The Labute approximate surface area is 124 Å². The first-order valence-electron chi connectivity index (χ1n) is 7.63. The third-order valence-electron chi connectivity index (χ3n) is 4.96. The quantitative estimate of drug-likeness (QED) is 0.700. The summed E-state index contributed by atoms with van der Waals surface area (Å²) in [4.78, 5) is 0.711. The number of benzene rings is 1. The molecule has 1 nitrogen and oxygen atoms in total. The van der Waals surface area contributed by atoms with Crippen LogP contribution in [0.4, 0.5) is 0 Å². The molecule has 3 rings (SSSR count). The number of ether oxygens (including phenoxy) is 1. The molecule has 0 saturated heterocycles. The van der Waals surface area contributed by atoms with E-state index in [0.29, 0.717) is 10.7 Å². The summed E-state index contributed by atoms with van der Waals surface area (Å²) in [6.45, 7) is 3.22. The number of rotatable bonds is 3. The summed E-state index contributed by atoms with van der Waals surface area (Å²) in [5.74, 6) is 3.48. The van der Waals surface area contributed by atoms with E-state index in [2.05, 4.69) is 47.1 Å². The van der Waals surface area contributed by atoms with Crippen LogP contribution in [0.5, 0.6) is 5.75 Å².